The normalized spacial score (nSPS) is 23.2. The van der Waals surface area contributed by atoms with Gasteiger partial charge >= 0.3 is 0 Å². The van der Waals surface area contributed by atoms with E-state index in [4.69, 9.17) is 10.6 Å². The summed E-state index contributed by atoms with van der Waals surface area (Å²) >= 11 is 0. The second kappa shape index (κ2) is 5.41. The molecule has 1 aromatic rings. The number of morpholine rings is 1. The number of hydrazine groups is 1. The van der Waals surface area contributed by atoms with E-state index in [9.17, 15) is 10.1 Å². The molecular weight excluding hydrogens is 248 g/mol. The summed E-state index contributed by atoms with van der Waals surface area (Å²) in [5, 5.41) is 10.9. The lowest BCUT2D eigenvalue weighted by Crippen LogP contribution is -2.47. The number of hydrogen-bond acceptors (Lipinski definition) is 6. The number of rotatable bonds is 3. The van der Waals surface area contributed by atoms with Crippen LogP contribution < -0.4 is 16.2 Å². The number of nitro groups is 1. The molecule has 0 aliphatic carbocycles. The number of hydrogen-bond donors (Lipinski definition) is 2. The number of benzene rings is 1. The van der Waals surface area contributed by atoms with E-state index < -0.39 is 4.92 Å². The number of nitrogens with two attached hydrogens (primary N) is 1. The number of nitrogens with zero attached hydrogens (tertiary/aromatic N) is 2. The van der Waals surface area contributed by atoms with Gasteiger partial charge in [-0.05, 0) is 19.9 Å². The highest BCUT2D eigenvalue weighted by molar-refractivity contribution is 5.64. The molecule has 3 N–H and O–H groups in total. The molecule has 2 unspecified atom stereocenters. The van der Waals surface area contributed by atoms with E-state index in [0.717, 1.165) is 5.69 Å². The molecule has 0 aromatic heterocycles. The molecule has 1 fully saturated rings. The fraction of sp³-hybridized carbons (Fsp3) is 0.500. The Morgan fingerprint density at radius 1 is 1.47 bits per heavy atom. The number of nitrogen functional groups attached to an aromatic ring is 1. The molecule has 0 saturated carbocycles. The fourth-order valence-corrected chi connectivity index (χ4v) is 2.21. The van der Waals surface area contributed by atoms with Gasteiger partial charge in [0.15, 0.2) is 0 Å². The van der Waals surface area contributed by atoms with Gasteiger partial charge in [0.2, 0.25) is 0 Å². The van der Waals surface area contributed by atoms with Crippen molar-refractivity contribution in [2.45, 2.75) is 26.0 Å². The molecule has 1 aromatic carbocycles. The van der Waals surface area contributed by atoms with Gasteiger partial charge in [-0.25, -0.2) is 0 Å². The minimum atomic E-state index is -0.418. The Labute approximate surface area is 111 Å². The summed E-state index contributed by atoms with van der Waals surface area (Å²) in [4.78, 5) is 12.6. The van der Waals surface area contributed by atoms with Crippen LogP contribution in [-0.4, -0.2) is 30.2 Å². The lowest BCUT2D eigenvalue weighted by molar-refractivity contribution is -0.384. The van der Waals surface area contributed by atoms with Crippen molar-refractivity contribution in [1.82, 2.24) is 0 Å². The van der Waals surface area contributed by atoms with Gasteiger partial charge in [-0.15, -0.1) is 0 Å². The average Bonchev–Trinajstić information content (AvgIpc) is 2.40. The molecule has 0 bridgehead atoms. The molecule has 1 aliphatic heterocycles. The van der Waals surface area contributed by atoms with Gasteiger partial charge in [-0.1, -0.05) is 0 Å². The van der Waals surface area contributed by atoms with Gasteiger partial charge in [0.25, 0.3) is 5.69 Å². The molecule has 1 saturated heterocycles. The molecule has 2 rings (SSSR count). The van der Waals surface area contributed by atoms with Crippen LogP contribution in [0.15, 0.2) is 18.2 Å². The number of nitro benzene ring substituents is 1. The zero-order chi connectivity index (χ0) is 14.0. The molecule has 7 heteroatoms. The van der Waals surface area contributed by atoms with Crippen LogP contribution in [0.25, 0.3) is 0 Å². The first kappa shape index (κ1) is 13.6. The lowest BCUT2D eigenvalue weighted by atomic mass is 10.1. The second-order valence-corrected chi connectivity index (χ2v) is 4.78. The van der Waals surface area contributed by atoms with Crippen molar-refractivity contribution in [2.75, 3.05) is 23.5 Å². The van der Waals surface area contributed by atoms with E-state index in [1.54, 1.807) is 6.07 Å². The van der Waals surface area contributed by atoms with E-state index in [1.807, 2.05) is 19.9 Å². The predicted molar refractivity (Wildman–Crippen MR) is 73.1 cm³/mol. The molecule has 0 amide bonds. The Hall–Kier alpha value is -1.86. The Morgan fingerprint density at radius 3 is 2.84 bits per heavy atom. The van der Waals surface area contributed by atoms with Crippen LogP contribution in [0.2, 0.25) is 0 Å². The first-order chi connectivity index (χ1) is 9.01. The van der Waals surface area contributed by atoms with Crippen molar-refractivity contribution in [1.29, 1.82) is 0 Å². The first-order valence-electron chi connectivity index (χ1n) is 6.15. The summed E-state index contributed by atoms with van der Waals surface area (Å²) in [6, 6.07) is 4.96. The SMILES string of the molecule is CC1CN(c2cc(NN)cc([N+](=O)[O-])c2)C(C)CO1. The van der Waals surface area contributed by atoms with Gasteiger partial charge in [0.1, 0.15) is 0 Å². The number of ether oxygens (including phenoxy) is 1. The van der Waals surface area contributed by atoms with Crippen molar-refractivity contribution in [3.05, 3.63) is 28.3 Å². The van der Waals surface area contributed by atoms with Crippen molar-refractivity contribution in [3.63, 3.8) is 0 Å². The highest BCUT2D eigenvalue weighted by atomic mass is 16.6. The average molecular weight is 266 g/mol. The smallest absolute Gasteiger partial charge is 0.273 e. The maximum absolute atomic E-state index is 10.9. The monoisotopic (exact) mass is 266 g/mol. The van der Waals surface area contributed by atoms with Gasteiger partial charge in [0, 0.05) is 30.4 Å². The van der Waals surface area contributed by atoms with E-state index >= 15 is 0 Å². The Bertz CT molecular complexity index is 480. The van der Waals surface area contributed by atoms with Crippen LogP contribution in [0.3, 0.4) is 0 Å². The first-order valence-corrected chi connectivity index (χ1v) is 6.15. The highest BCUT2D eigenvalue weighted by Crippen LogP contribution is 2.29. The highest BCUT2D eigenvalue weighted by Gasteiger charge is 2.25. The van der Waals surface area contributed by atoms with E-state index in [-0.39, 0.29) is 17.8 Å². The Kier molecular flexibility index (Phi) is 3.87. The van der Waals surface area contributed by atoms with Crippen LogP contribution in [-0.2, 0) is 4.74 Å². The van der Waals surface area contributed by atoms with E-state index in [0.29, 0.717) is 18.8 Å². The predicted octanol–water partition coefficient (Wildman–Crippen LogP) is 1.49. The number of non-ortho nitro benzene ring substituents is 1. The van der Waals surface area contributed by atoms with Crippen molar-refractivity contribution >= 4 is 17.1 Å². The van der Waals surface area contributed by atoms with Crippen LogP contribution in [0.4, 0.5) is 17.1 Å². The van der Waals surface area contributed by atoms with Crippen molar-refractivity contribution < 1.29 is 9.66 Å². The molecule has 104 valence electrons. The molecule has 0 spiro atoms. The zero-order valence-corrected chi connectivity index (χ0v) is 11.0. The quantitative estimate of drug-likeness (QED) is 0.489. The van der Waals surface area contributed by atoms with E-state index in [2.05, 4.69) is 10.3 Å². The largest absolute Gasteiger partial charge is 0.375 e. The van der Waals surface area contributed by atoms with Gasteiger partial charge in [0.05, 0.1) is 23.3 Å². The summed E-state index contributed by atoms with van der Waals surface area (Å²) in [6.07, 6.45) is 0.102. The molecule has 1 heterocycles. The Morgan fingerprint density at radius 2 is 2.21 bits per heavy atom. The summed E-state index contributed by atoms with van der Waals surface area (Å²) in [7, 11) is 0. The van der Waals surface area contributed by atoms with Crippen LogP contribution in [0, 0.1) is 10.1 Å². The van der Waals surface area contributed by atoms with Gasteiger partial charge < -0.3 is 15.1 Å². The van der Waals surface area contributed by atoms with Gasteiger partial charge in [-0.2, -0.15) is 0 Å². The standard InChI is InChI=1S/C12H18N4O3/c1-8-7-19-9(2)6-15(8)11-3-10(14-13)4-12(5-11)16(17)18/h3-5,8-9,14H,6-7,13H2,1-2H3. The van der Waals surface area contributed by atoms with Gasteiger partial charge in [-0.3, -0.25) is 16.0 Å². The van der Waals surface area contributed by atoms with Crippen LogP contribution in [0.1, 0.15) is 13.8 Å². The van der Waals surface area contributed by atoms with Crippen LogP contribution in [0.5, 0.6) is 0 Å². The molecule has 1 aliphatic rings. The fourth-order valence-electron chi connectivity index (χ4n) is 2.21. The summed E-state index contributed by atoms with van der Waals surface area (Å²) in [5.41, 5.74) is 3.80. The molecule has 2 atom stereocenters. The minimum Gasteiger partial charge on any atom is -0.375 e. The van der Waals surface area contributed by atoms with Crippen molar-refractivity contribution in [3.8, 4) is 0 Å². The third-order valence-corrected chi connectivity index (χ3v) is 3.22. The van der Waals surface area contributed by atoms with Crippen LogP contribution >= 0.6 is 0 Å². The molecule has 0 radical (unpaired) electrons. The maximum Gasteiger partial charge on any atom is 0.273 e. The molecular formula is C12H18N4O3. The second-order valence-electron chi connectivity index (χ2n) is 4.78. The summed E-state index contributed by atoms with van der Waals surface area (Å²) in [6.45, 7) is 5.32. The molecule has 19 heavy (non-hydrogen) atoms. The summed E-state index contributed by atoms with van der Waals surface area (Å²) in [5.74, 6) is 5.36. The van der Waals surface area contributed by atoms with E-state index in [1.165, 1.54) is 6.07 Å². The zero-order valence-electron chi connectivity index (χ0n) is 11.0. The molecule has 7 nitrogen and oxygen atoms in total. The summed E-state index contributed by atoms with van der Waals surface area (Å²) < 4.78 is 5.56. The topological polar surface area (TPSA) is 93.7 Å². The third kappa shape index (κ3) is 2.94. The third-order valence-electron chi connectivity index (χ3n) is 3.22. The minimum absolute atomic E-state index is 0.0248. The number of anilines is 2. The Balaban J connectivity index is 2.37. The lowest BCUT2D eigenvalue weighted by Gasteiger charge is -2.38. The van der Waals surface area contributed by atoms with Crippen molar-refractivity contribution in [2.24, 2.45) is 5.84 Å². The maximum atomic E-state index is 10.9. The number of nitrogens with one attached hydrogen (secondary N) is 1.